The molecule has 0 aromatic rings. The van der Waals surface area contributed by atoms with Crippen LogP contribution in [-0.4, -0.2) is 28.6 Å². The molecule has 110 valence electrons. The van der Waals surface area contributed by atoms with Crippen LogP contribution in [-0.2, 0) is 4.79 Å². The van der Waals surface area contributed by atoms with Gasteiger partial charge in [0.15, 0.2) is 0 Å². The van der Waals surface area contributed by atoms with Gasteiger partial charge in [-0.15, -0.1) is 0 Å². The number of carbonyl (C=O) groups is 1. The highest BCUT2D eigenvalue weighted by Gasteiger charge is 2.49. The van der Waals surface area contributed by atoms with Crippen molar-refractivity contribution in [1.29, 1.82) is 0 Å². The molecule has 3 heteroatoms. The predicted molar refractivity (Wildman–Crippen MR) is 78.7 cm³/mol. The molecular weight excluding hydrogens is 236 g/mol. The first-order chi connectivity index (χ1) is 8.87. The molecule has 19 heavy (non-hydrogen) atoms. The van der Waals surface area contributed by atoms with Crippen molar-refractivity contribution in [2.24, 2.45) is 11.8 Å². The van der Waals surface area contributed by atoms with Gasteiger partial charge in [-0.2, -0.15) is 0 Å². The smallest absolute Gasteiger partial charge is 0.244 e. The maximum Gasteiger partial charge on any atom is 0.244 e. The number of rotatable bonds is 4. The van der Waals surface area contributed by atoms with Crippen LogP contribution in [0.15, 0.2) is 0 Å². The zero-order valence-corrected chi connectivity index (χ0v) is 13.2. The Balaban J connectivity index is 2.18. The van der Waals surface area contributed by atoms with E-state index in [4.69, 9.17) is 0 Å². The van der Waals surface area contributed by atoms with Crippen molar-refractivity contribution in [3.05, 3.63) is 0 Å². The second-order valence-electron chi connectivity index (χ2n) is 7.26. The molecule has 4 atom stereocenters. The quantitative estimate of drug-likeness (QED) is 0.848. The summed E-state index contributed by atoms with van der Waals surface area (Å²) in [5.74, 6) is 1.72. The van der Waals surface area contributed by atoms with Crippen LogP contribution >= 0.6 is 0 Å². The molecule has 0 bridgehead atoms. The largest absolute Gasteiger partial charge is 0.323 e. The molecule has 4 unspecified atom stereocenters. The highest BCUT2D eigenvalue weighted by Crippen LogP contribution is 2.36. The lowest BCUT2D eigenvalue weighted by atomic mass is 9.99. The van der Waals surface area contributed by atoms with Crippen molar-refractivity contribution >= 4 is 5.91 Å². The summed E-state index contributed by atoms with van der Waals surface area (Å²) in [6, 6.07) is 0.465. The number of hydrogen-bond donors (Lipinski definition) is 1. The third kappa shape index (κ3) is 2.81. The maximum atomic E-state index is 12.8. The summed E-state index contributed by atoms with van der Waals surface area (Å²) in [5, 5.41) is 3.62. The Morgan fingerprint density at radius 2 is 2.11 bits per heavy atom. The molecular formula is C16H30N2O. The van der Waals surface area contributed by atoms with Crippen molar-refractivity contribution in [1.82, 2.24) is 10.2 Å². The standard InChI is InChI=1S/C16H30N2O/c1-6-16(5)15(19)18(13-8-7-12(4)10-13)14(17-16)9-11(2)3/h11-14,17H,6-10H2,1-5H3. The molecule has 0 aromatic carbocycles. The van der Waals surface area contributed by atoms with Gasteiger partial charge in [-0.1, -0.05) is 27.7 Å². The minimum Gasteiger partial charge on any atom is -0.323 e. The van der Waals surface area contributed by atoms with Crippen LogP contribution in [0.3, 0.4) is 0 Å². The lowest BCUT2D eigenvalue weighted by Gasteiger charge is -2.31. The number of nitrogens with one attached hydrogen (secondary N) is 1. The Bertz CT molecular complexity index is 342. The minimum absolute atomic E-state index is 0.243. The van der Waals surface area contributed by atoms with Gasteiger partial charge in [-0.3, -0.25) is 10.1 Å². The fourth-order valence-corrected chi connectivity index (χ4v) is 3.65. The van der Waals surface area contributed by atoms with Crippen molar-refractivity contribution in [2.75, 3.05) is 0 Å². The van der Waals surface area contributed by atoms with E-state index in [9.17, 15) is 4.79 Å². The van der Waals surface area contributed by atoms with Crippen LogP contribution in [0.2, 0.25) is 0 Å². The minimum atomic E-state index is -0.342. The van der Waals surface area contributed by atoms with Gasteiger partial charge >= 0.3 is 0 Å². The van der Waals surface area contributed by atoms with E-state index in [1.807, 2.05) is 0 Å². The van der Waals surface area contributed by atoms with E-state index in [1.54, 1.807) is 0 Å². The zero-order chi connectivity index (χ0) is 14.2. The summed E-state index contributed by atoms with van der Waals surface area (Å²) in [5.41, 5.74) is -0.342. The van der Waals surface area contributed by atoms with E-state index >= 15 is 0 Å². The van der Waals surface area contributed by atoms with E-state index in [0.29, 0.717) is 17.9 Å². The van der Waals surface area contributed by atoms with Gasteiger partial charge in [-0.25, -0.2) is 0 Å². The van der Waals surface area contributed by atoms with Gasteiger partial charge in [0, 0.05) is 6.04 Å². The zero-order valence-electron chi connectivity index (χ0n) is 13.2. The SMILES string of the molecule is CCC1(C)NC(CC(C)C)N(C2CCC(C)C2)C1=O. The van der Waals surface area contributed by atoms with Crippen LogP contribution in [0.5, 0.6) is 0 Å². The Morgan fingerprint density at radius 1 is 1.42 bits per heavy atom. The molecule has 1 aliphatic heterocycles. The van der Waals surface area contributed by atoms with E-state index in [1.165, 1.54) is 19.3 Å². The first-order valence-corrected chi connectivity index (χ1v) is 7.98. The highest BCUT2D eigenvalue weighted by molar-refractivity contribution is 5.88. The van der Waals surface area contributed by atoms with Gasteiger partial charge < -0.3 is 4.90 Å². The molecule has 1 aliphatic carbocycles. The topological polar surface area (TPSA) is 32.3 Å². The van der Waals surface area contributed by atoms with Gasteiger partial charge in [0.1, 0.15) is 0 Å². The average Bonchev–Trinajstić information content (AvgIpc) is 2.83. The van der Waals surface area contributed by atoms with Gasteiger partial charge in [0.2, 0.25) is 5.91 Å². The monoisotopic (exact) mass is 266 g/mol. The second-order valence-corrected chi connectivity index (χ2v) is 7.26. The third-order valence-corrected chi connectivity index (χ3v) is 4.99. The number of amides is 1. The molecule has 1 heterocycles. The molecule has 1 N–H and O–H groups in total. The molecule has 2 rings (SSSR count). The average molecular weight is 266 g/mol. The Hall–Kier alpha value is -0.570. The summed E-state index contributed by atoms with van der Waals surface area (Å²) in [6.07, 6.45) is 5.81. The maximum absolute atomic E-state index is 12.8. The molecule has 1 saturated carbocycles. The molecule has 2 fully saturated rings. The molecule has 3 nitrogen and oxygen atoms in total. The summed E-state index contributed by atoms with van der Waals surface area (Å²) < 4.78 is 0. The number of nitrogens with zero attached hydrogens (tertiary/aromatic N) is 1. The lowest BCUT2D eigenvalue weighted by molar-refractivity contribution is -0.135. The predicted octanol–water partition coefficient (Wildman–Crippen LogP) is 3.15. The Labute approximate surface area is 118 Å². The fraction of sp³-hybridized carbons (Fsp3) is 0.938. The van der Waals surface area contributed by atoms with Crippen LogP contribution < -0.4 is 5.32 Å². The molecule has 0 radical (unpaired) electrons. The molecule has 1 saturated heterocycles. The number of carbonyl (C=O) groups excluding carboxylic acids is 1. The second kappa shape index (κ2) is 5.43. The van der Waals surface area contributed by atoms with E-state index in [2.05, 4.69) is 44.8 Å². The van der Waals surface area contributed by atoms with E-state index in [0.717, 1.165) is 18.8 Å². The number of hydrogen-bond acceptors (Lipinski definition) is 2. The summed E-state index contributed by atoms with van der Waals surface area (Å²) in [4.78, 5) is 15.0. The van der Waals surface area contributed by atoms with E-state index < -0.39 is 0 Å². The highest BCUT2D eigenvalue weighted by atomic mass is 16.2. The summed E-state index contributed by atoms with van der Waals surface area (Å²) in [7, 11) is 0. The van der Waals surface area contributed by atoms with Crippen LogP contribution in [0.4, 0.5) is 0 Å². The van der Waals surface area contributed by atoms with Crippen molar-refractivity contribution in [2.45, 2.75) is 84.5 Å². The molecule has 2 aliphatic rings. The van der Waals surface area contributed by atoms with Crippen molar-refractivity contribution in [3.8, 4) is 0 Å². The van der Waals surface area contributed by atoms with E-state index in [-0.39, 0.29) is 11.7 Å². The summed E-state index contributed by atoms with van der Waals surface area (Å²) >= 11 is 0. The summed E-state index contributed by atoms with van der Waals surface area (Å²) in [6.45, 7) is 11.0. The molecule has 0 spiro atoms. The Kier molecular flexibility index (Phi) is 4.24. The fourth-order valence-electron chi connectivity index (χ4n) is 3.65. The normalized spacial score (nSPS) is 39.6. The first-order valence-electron chi connectivity index (χ1n) is 7.98. The van der Waals surface area contributed by atoms with Gasteiger partial charge in [0.25, 0.3) is 0 Å². The van der Waals surface area contributed by atoms with Gasteiger partial charge in [0.05, 0.1) is 11.7 Å². The van der Waals surface area contributed by atoms with Crippen LogP contribution in [0.25, 0.3) is 0 Å². The lowest BCUT2D eigenvalue weighted by Crippen LogP contribution is -2.44. The van der Waals surface area contributed by atoms with Crippen molar-refractivity contribution < 1.29 is 4.79 Å². The van der Waals surface area contributed by atoms with Gasteiger partial charge in [-0.05, 0) is 50.9 Å². The third-order valence-electron chi connectivity index (χ3n) is 4.99. The Morgan fingerprint density at radius 3 is 2.58 bits per heavy atom. The first kappa shape index (κ1) is 14.8. The van der Waals surface area contributed by atoms with Crippen molar-refractivity contribution in [3.63, 3.8) is 0 Å². The van der Waals surface area contributed by atoms with Crippen LogP contribution in [0, 0.1) is 11.8 Å². The molecule has 1 amide bonds. The molecule has 0 aromatic heterocycles. The van der Waals surface area contributed by atoms with Crippen LogP contribution in [0.1, 0.15) is 66.7 Å².